The second-order valence-electron chi connectivity index (χ2n) is 6.28. The largest absolute Gasteiger partial charge is 0.482 e. The first-order valence-electron chi connectivity index (χ1n) is 8.85. The summed E-state index contributed by atoms with van der Waals surface area (Å²) in [5.41, 5.74) is 0.823. The van der Waals surface area contributed by atoms with Crippen LogP contribution in [0.3, 0.4) is 0 Å². The Kier molecular flexibility index (Phi) is 4.85. The van der Waals surface area contributed by atoms with Gasteiger partial charge in [0, 0.05) is 18.7 Å². The molecule has 0 fully saturated rings. The van der Waals surface area contributed by atoms with Gasteiger partial charge < -0.3 is 4.74 Å². The zero-order chi connectivity index (χ0) is 20.5. The van der Waals surface area contributed by atoms with Gasteiger partial charge >= 0.3 is 0 Å². The van der Waals surface area contributed by atoms with Crippen molar-refractivity contribution in [3.8, 4) is 5.75 Å². The maximum atomic E-state index is 13.0. The second kappa shape index (κ2) is 7.47. The van der Waals surface area contributed by atoms with Crippen molar-refractivity contribution in [3.05, 3.63) is 52.6 Å². The number of rotatable bonds is 5. The number of carbonyl (C=O) groups is 2. The predicted molar refractivity (Wildman–Crippen MR) is 109 cm³/mol. The molecule has 29 heavy (non-hydrogen) atoms. The van der Waals surface area contributed by atoms with Gasteiger partial charge in [0.05, 0.1) is 20.8 Å². The molecule has 0 N–H and O–H groups in total. The minimum atomic E-state index is -0.557. The third kappa shape index (κ3) is 3.49. The van der Waals surface area contributed by atoms with Gasteiger partial charge in [0.15, 0.2) is 11.7 Å². The number of anilines is 2. The van der Waals surface area contributed by atoms with E-state index in [1.165, 1.54) is 39.3 Å². The van der Waals surface area contributed by atoms with Crippen LogP contribution in [0.4, 0.5) is 16.5 Å². The Balaban J connectivity index is 1.64. The van der Waals surface area contributed by atoms with Crippen molar-refractivity contribution in [3.63, 3.8) is 0 Å². The van der Waals surface area contributed by atoms with Gasteiger partial charge in [-0.3, -0.25) is 29.5 Å². The molecule has 1 aliphatic heterocycles. The smallest absolute Gasteiger partial charge is 0.271 e. The lowest BCUT2D eigenvalue weighted by molar-refractivity contribution is -0.384. The molecule has 0 spiro atoms. The summed E-state index contributed by atoms with van der Waals surface area (Å²) in [5, 5.41) is 11.6. The minimum Gasteiger partial charge on any atom is -0.482 e. The van der Waals surface area contributed by atoms with Crippen LogP contribution in [-0.2, 0) is 9.59 Å². The van der Waals surface area contributed by atoms with Crippen LogP contribution >= 0.6 is 11.3 Å². The third-order valence-electron chi connectivity index (χ3n) is 4.52. The van der Waals surface area contributed by atoms with Gasteiger partial charge in [0.25, 0.3) is 11.6 Å². The van der Waals surface area contributed by atoms with E-state index in [9.17, 15) is 19.7 Å². The fourth-order valence-corrected chi connectivity index (χ4v) is 4.14. The number of nitro benzene ring substituents is 1. The molecule has 4 rings (SSSR count). The molecule has 0 radical (unpaired) electrons. The number of nitro groups is 1. The molecule has 0 unspecified atom stereocenters. The highest BCUT2D eigenvalue weighted by Gasteiger charge is 2.31. The quantitative estimate of drug-likeness (QED) is 0.471. The molecule has 9 nitrogen and oxygen atoms in total. The van der Waals surface area contributed by atoms with Crippen molar-refractivity contribution >= 4 is 49.9 Å². The zero-order valence-corrected chi connectivity index (χ0v) is 16.2. The van der Waals surface area contributed by atoms with E-state index in [0.717, 1.165) is 10.2 Å². The van der Waals surface area contributed by atoms with Crippen LogP contribution in [0.2, 0.25) is 0 Å². The highest BCUT2D eigenvalue weighted by Crippen LogP contribution is 2.35. The molecule has 2 heterocycles. The number of amides is 2. The number of hydrogen-bond donors (Lipinski definition) is 0. The van der Waals surface area contributed by atoms with Crippen molar-refractivity contribution in [1.82, 2.24) is 4.98 Å². The average molecular weight is 412 g/mol. The molecule has 0 bridgehead atoms. The number of benzene rings is 2. The normalized spacial score (nSPS) is 13.1. The molecule has 2 aromatic carbocycles. The van der Waals surface area contributed by atoms with Crippen LogP contribution in [0, 0.1) is 10.1 Å². The van der Waals surface area contributed by atoms with Gasteiger partial charge in [-0.2, -0.15) is 0 Å². The summed E-state index contributed by atoms with van der Waals surface area (Å²) >= 11 is 1.39. The number of non-ortho nitro benzene ring substituents is 1. The molecule has 3 aromatic rings. The van der Waals surface area contributed by atoms with E-state index in [1.807, 2.05) is 31.2 Å². The number of nitrogens with zero attached hydrogens (tertiary/aromatic N) is 4. The Morgan fingerprint density at radius 1 is 1.34 bits per heavy atom. The van der Waals surface area contributed by atoms with Gasteiger partial charge in [-0.05, 0) is 25.1 Å². The molecule has 0 aliphatic carbocycles. The van der Waals surface area contributed by atoms with Crippen LogP contribution in [0.15, 0.2) is 42.5 Å². The average Bonchev–Trinajstić information content (AvgIpc) is 3.14. The van der Waals surface area contributed by atoms with Gasteiger partial charge in [0.1, 0.15) is 12.3 Å². The van der Waals surface area contributed by atoms with E-state index in [4.69, 9.17) is 4.74 Å². The molecule has 0 atom stereocenters. The highest BCUT2D eigenvalue weighted by molar-refractivity contribution is 7.22. The lowest BCUT2D eigenvalue weighted by Crippen LogP contribution is -2.46. The molecule has 10 heteroatoms. The number of hydrogen-bond acceptors (Lipinski definition) is 7. The summed E-state index contributed by atoms with van der Waals surface area (Å²) in [6.45, 7) is 1.70. The lowest BCUT2D eigenvalue weighted by atomic mass is 10.2. The number of thiazole rings is 1. The number of aromatic nitrogens is 1. The summed E-state index contributed by atoms with van der Waals surface area (Å²) < 4.78 is 6.30. The van der Waals surface area contributed by atoms with Gasteiger partial charge in [0.2, 0.25) is 5.91 Å². The maximum Gasteiger partial charge on any atom is 0.271 e. The molecule has 2 amide bonds. The lowest BCUT2D eigenvalue weighted by Gasteiger charge is -2.30. The molecule has 0 saturated heterocycles. The Morgan fingerprint density at radius 3 is 2.86 bits per heavy atom. The van der Waals surface area contributed by atoms with Crippen molar-refractivity contribution in [1.29, 1.82) is 0 Å². The van der Waals surface area contributed by atoms with E-state index in [1.54, 1.807) is 0 Å². The first kappa shape index (κ1) is 18.8. The molecular formula is C19H16N4O5S. The fourth-order valence-electron chi connectivity index (χ4n) is 3.09. The summed E-state index contributed by atoms with van der Waals surface area (Å²) in [4.78, 5) is 43.2. The molecule has 148 valence electrons. The fraction of sp³-hybridized carbons (Fsp3) is 0.211. The van der Waals surface area contributed by atoms with Gasteiger partial charge in [-0.1, -0.05) is 23.5 Å². The van der Waals surface area contributed by atoms with Crippen LogP contribution in [0.25, 0.3) is 10.2 Å². The number of ether oxygens (including phenoxy) is 1. The van der Waals surface area contributed by atoms with E-state index in [0.29, 0.717) is 17.4 Å². The number of likely N-dealkylation sites (N-methyl/N-ethyl adjacent to an activating group) is 1. The zero-order valence-electron chi connectivity index (χ0n) is 15.4. The summed E-state index contributed by atoms with van der Waals surface area (Å²) in [5.74, 6) is -0.447. The van der Waals surface area contributed by atoms with Gasteiger partial charge in [-0.15, -0.1) is 0 Å². The van der Waals surface area contributed by atoms with Crippen molar-refractivity contribution in [2.45, 2.75) is 6.92 Å². The van der Waals surface area contributed by atoms with Crippen LogP contribution in [0.1, 0.15) is 6.92 Å². The molecule has 1 aromatic heterocycles. The van der Waals surface area contributed by atoms with Crippen molar-refractivity contribution in [2.75, 3.05) is 29.5 Å². The molecule has 0 saturated carbocycles. The molecule has 1 aliphatic rings. The number of carbonyl (C=O) groups excluding carboxylic acids is 2. The number of fused-ring (bicyclic) bond motifs is 2. The predicted octanol–water partition coefficient (Wildman–Crippen LogP) is 2.98. The van der Waals surface area contributed by atoms with E-state index in [2.05, 4.69) is 4.98 Å². The monoisotopic (exact) mass is 412 g/mol. The summed E-state index contributed by atoms with van der Waals surface area (Å²) in [6, 6.07) is 11.5. The molecular weight excluding hydrogens is 396 g/mol. The summed E-state index contributed by atoms with van der Waals surface area (Å²) in [6.07, 6.45) is 0. The second-order valence-corrected chi connectivity index (χ2v) is 7.29. The highest BCUT2D eigenvalue weighted by atomic mass is 32.1. The van der Waals surface area contributed by atoms with Crippen LogP contribution in [0.5, 0.6) is 5.75 Å². The topological polar surface area (TPSA) is 106 Å². The van der Waals surface area contributed by atoms with E-state index < -0.39 is 10.8 Å². The first-order valence-corrected chi connectivity index (χ1v) is 9.67. The van der Waals surface area contributed by atoms with E-state index >= 15 is 0 Å². The Labute approximate surface area is 169 Å². The first-order chi connectivity index (χ1) is 14.0. The third-order valence-corrected chi connectivity index (χ3v) is 5.58. The van der Waals surface area contributed by atoms with E-state index in [-0.39, 0.29) is 30.4 Å². The Morgan fingerprint density at radius 2 is 2.14 bits per heavy atom. The van der Waals surface area contributed by atoms with Crippen LogP contribution in [-0.4, -0.2) is 41.4 Å². The van der Waals surface area contributed by atoms with Crippen molar-refractivity contribution in [2.24, 2.45) is 0 Å². The minimum absolute atomic E-state index is 0.182. The Bertz CT molecular complexity index is 1100. The van der Waals surface area contributed by atoms with Crippen molar-refractivity contribution < 1.29 is 19.2 Å². The SMILES string of the molecule is CCN(C(=O)CN1C(=O)COc2ccc([N+](=O)[O-])cc21)c1nc2ccccc2s1. The summed E-state index contributed by atoms with van der Waals surface area (Å²) in [7, 11) is 0. The van der Waals surface area contributed by atoms with Gasteiger partial charge in [-0.25, -0.2) is 4.98 Å². The Hall–Kier alpha value is -3.53. The standard InChI is InChI=1S/C19H16N4O5S/c1-2-21(19-20-13-5-3-4-6-16(13)29-19)17(24)10-22-14-9-12(23(26)27)7-8-15(14)28-11-18(22)25/h3-9H,2,10-11H2,1H3. The number of para-hydroxylation sites is 1. The van der Waals surface area contributed by atoms with Crippen LogP contribution < -0.4 is 14.5 Å². The maximum absolute atomic E-state index is 13.0.